The molecule has 4 aromatic carbocycles. The zero-order valence-corrected chi connectivity index (χ0v) is 38.7. The average Bonchev–Trinajstić information content (AvgIpc) is 3.04. The molecule has 2 unspecified atom stereocenters. The highest BCUT2D eigenvalue weighted by Gasteiger charge is 2.52. The number of hydrogen-bond donors (Lipinski definition) is 0. The summed E-state index contributed by atoms with van der Waals surface area (Å²) in [4.78, 5) is 0. The summed E-state index contributed by atoms with van der Waals surface area (Å²) in [5, 5.41) is 5.98. The van der Waals surface area contributed by atoms with Crippen molar-refractivity contribution >= 4 is 37.1 Å². The van der Waals surface area contributed by atoms with Gasteiger partial charge in [0.15, 0.2) is 0 Å². The van der Waals surface area contributed by atoms with Gasteiger partial charge in [-0.1, -0.05) is 222 Å². The minimum atomic E-state index is -0.687. The van der Waals surface area contributed by atoms with E-state index in [0.717, 1.165) is 0 Å². The van der Waals surface area contributed by atoms with Gasteiger partial charge in [0, 0.05) is 0 Å². The second-order valence-corrected chi connectivity index (χ2v) is 25.7. The van der Waals surface area contributed by atoms with Gasteiger partial charge in [-0.2, -0.15) is 0 Å². The summed E-state index contributed by atoms with van der Waals surface area (Å²) in [7, 11) is -1.37. The first-order valence-electron chi connectivity index (χ1n) is 20.3. The van der Waals surface area contributed by atoms with E-state index in [1.54, 1.807) is 0 Å². The normalized spacial score (nSPS) is 14.8. The quantitative estimate of drug-likeness (QED) is 0.142. The highest BCUT2D eigenvalue weighted by molar-refractivity contribution is 7.74. The fourth-order valence-electron chi connectivity index (χ4n) is 9.07. The fraction of sp³-hybridized carbons (Fsp3) is 0.529. The molecular weight excluding hydrogens is 675 g/mol. The number of hydrogen-bond acceptors (Lipinski definition) is 0. The molecule has 2 atom stereocenters. The Bertz CT molecular complexity index is 1500. The molecule has 0 heterocycles. The second-order valence-electron chi connectivity index (χ2n) is 20.6. The van der Waals surface area contributed by atoms with Crippen LogP contribution in [-0.2, 0) is 21.7 Å². The van der Waals surface area contributed by atoms with Gasteiger partial charge < -0.3 is 0 Å². The third-order valence-corrected chi connectivity index (χ3v) is 18.1. The molecule has 0 aromatic heterocycles. The van der Waals surface area contributed by atoms with E-state index in [4.69, 9.17) is 0 Å². The van der Waals surface area contributed by atoms with Gasteiger partial charge in [0.25, 0.3) is 0 Å². The molecule has 0 spiro atoms. The van der Waals surface area contributed by atoms with Crippen molar-refractivity contribution in [2.75, 3.05) is 0 Å². The average molecular weight is 749 g/mol. The van der Waals surface area contributed by atoms with Crippen molar-refractivity contribution in [3.05, 3.63) is 119 Å². The van der Waals surface area contributed by atoms with Crippen LogP contribution < -0.4 is 21.2 Å². The Hall–Kier alpha value is -2.26. The van der Waals surface area contributed by atoms with Crippen LogP contribution in [-0.4, -0.2) is 11.3 Å². The summed E-state index contributed by atoms with van der Waals surface area (Å²) >= 11 is 0. The van der Waals surface area contributed by atoms with E-state index in [9.17, 15) is 0 Å². The molecular formula is C51H74P2. The smallest absolute Gasteiger partial charge is 0.00895 e. The Balaban J connectivity index is 2.00. The predicted octanol–water partition coefficient (Wildman–Crippen LogP) is 13.5. The van der Waals surface area contributed by atoms with Crippen molar-refractivity contribution in [2.24, 2.45) is 17.3 Å². The molecule has 0 saturated heterocycles. The molecule has 2 heteroatoms. The maximum Gasteiger partial charge on any atom is -0.00895 e. The van der Waals surface area contributed by atoms with Gasteiger partial charge in [0.2, 0.25) is 0 Å². The largest absolute Gasteiger partial charge is 0.0622 e. The lowest BCUT2D eigenvalue weighted by Gasteiger charge is -2.55. The summed E-state index contributed by atoms with van der Waals surface area (Å²) in [5.74, 6) is 0.959. The summed E-state index contributed by atoms with van der Waals surface area (Å²) in [6.45, 7) is 43.3. The van der Waals surface area contributed by atoms with E-state index in [-0.39, 0.29) is 27.1 Å². The zero-order valence-electron chi connectivity index (χ0n) is 36.9. The molecule has 0 nitrogen and oxygen atoms in total. The van der Waals surface area contributed by atoms with Crippen LogP contribution in [0, 0.1) is 17.3 Å². The van der Waals surface area contributed by atoms with E-state index in [2.05, 4.69) is 222 Å². The minimum Gasteiger partial charge on any atom is -0.0622 e. The lowest BCUT2D eigenvalue weighted by atomic mass is 9.64. The maximum atomic E-state index is 2.64. The lowest BCUT2D eigenvalue weighted by Crippen LogP contribution is -2.52. The van der Waals surface area contributed by atoms with Crippen LogP contribution in [0.4, 0.5) is 0 Å². The molecule has 0 aliphatic rings. The third-order valence-electron chi connectivity index (χ3n) is 12.3. The summed E-state index contributed by atoms with van der Waals surface area (Å²) in [6.07, 6.45) is 0. The Kier molecular flexibility index (Phi) is 13.2. The third kappa shape index (κ3) is 9.41. The monoisotopic (exact) mass is 749 g/mol. The summed E-state index contributed by atoms with van der Waals surface area (Å²) < 4.78 is 0. The van der Waals surface area contributed by atoms with E-state index in [0.29, 0.717) is 23.2 Å². The van der Waals surface area contributed by atoms with Crippen molar-refractivity contribution in [3.8, 4) is 0 Å². The molecule has 0 aliphatic carbocycles. The van der Waals surface area contributed by atoms with E-state index in [1.165, 1.54) is 43.5 Å². The van der Waals surface area contributed by atoms with Gasteiger partial charge in [0.1, 0.15) is 0 Å². The summed E-state index contributed by atoms with van der Waals surface area (Å²) in [6, 6.07) is 39.2. The molecule has 4 rings (SSSR count). The van der Waals surface area contributed by atoms with Crippen LogP contribution in [0.5, 0.6) is 0 Å². The Labute approximate surface area is 329 Å². The van der Waals surface area contributed by atoms with Gasteiger partial charge in [-0.15, -0.1) is 0 Å². The summed E-state index contributed by atoms with van der Waals surface area (Å²) in [5.41, 5.74) is 7.01. The van der Waals surface area contributed by atoms with Crippen LogP contribution in [0.15, 0.2) is 97.1 Å². The lowest BCUT2D eigenvalue weighted by molar-refractivity contribution is 0.111. The van der Waals surface area contributed by atoms with Crippen molar-refractivity contribution in [3.63, 3.8) is 0 Å². The Morgan fingerprint density at radius 3 is 0.604 bits per heavy atom. The molecule has 0 saturated carbocycles. The van der Waals surface area contributed by atoms with Gasteiger partial charge in [-0.3, -0.25) is 0 Å². The van der Waals surface area contributed by atoms with Crippen molar-refractivity contribution in [2.45, 2.75) is 158 Å². The fourth-order valence-corrected chi connectivity index (χ4v) is 16.0. The number of rotatable bonds is 10. The standard InChI is InChI=1S/C51H74P2/c1-35(2)51(36(3)4,37(5)52(43-27-19-39(20-28-43)47(7,8)9)44-29-21-40(22-30-44)48(10,11)12)38(6)53(45-31-23-41(24-32-45)49(13,14)15)46-33-25-42(26-34-46)50(16,17)18/h19-38H,1-18H3. The first-order chi connectivity index (χ1) is 24.3. The van der Waals surface area contributed by atoms with Crippen LogP contribution >= 0.6 is 15.8 Å². The molecule has 53 heavy (non-hydrogen) atoms. The van der Waals surface area contributed by atoms with Crippen LogP contribution in [0.25, 0.3) is 0 Å². The molecule has 288 valence electrons. The molecule has 0 N–H and O–H groups in total. The Morgan fingerprint density at radius 2 is 0.472 bits per heavy atom. The van der Waals surface area contributed by atoms with E-state index in [1.807, 2.05) is 0 Å². The first-order valence-corrected chi connectivity index (χ1v) is 23.1. The molecule has 0 amide bonds. The Morgan fingerprint density at radius 1 is 0.302 bits per heavy atom. The highest BCUT2D eigenvalue weighted by Crippen LogP contribution is 2.62. The zero-order chi connectivity index (χ0) is 39.9. The molecule has 0 aliphatic heterocycles. The van der Waals surface area contributed by atoms with E-state index < -0.39 is 15.8 Å². The van der Waals surface area contributed by atoms with Gasteiger partial charge >= 0.3 is 0 Å². The minimum absolute atomic E-state index is 0.0498. The molecule has 0 radical (unpaired) electrons. The second kappa shape index (κ2) is 16.1. The van der Waals surface area contributed by atoms with Gasteiger partial charge in [-0.05, 0) is 110 Å². The topological polar surface area (TPSA) is 0 Å². The molecule has 0 bridgehead atoms. The molecule has 4 aromatic rings. The van der Waals surface area contributed by atoms with E-state index >= 15 is 0 Å². The number of benzene rings is 4. The van der Waals surface area contributed by atoms with Crippen molar-refractivity contribution in [1.29, 1.82) is 0 Å². The predicted molar refractivity (Wildman–Crippen MR) is 244 cm³/mol. The van der Waals surface area contributed by atoms with Crippen LogP contribution in [0.1, 0.15) is 147 Å². The van der Waals surface area contributed by atoms with Crippen molar-refractivity contribution < 1.29 is 0 Å². The van der Waals surface area contributed by atoms with Crippen molar-refractivity contribution in [1.82, 2.24) is 0 Å². The van der Waals surface area contributed by atoms with Crippen LogP contribution in [0.3, 0.4) is 0 Å². The molecule has 0 fully saturated rings. The maximum absolute atomic E-state index is 2.64. The van der Waals surface area contributed by atoms with Gasteiger partial charge in [-0.25, -0.2) is 0 Å². The highest BCUT2D eigenvalue weighted by atomic mass is 31.1. The van der Waals surface area contributed by atoms with Crippen LogP contribution in [0.2, 0.25) is 0 Å². The first kappa shape index (κ1) is 43.5. The van der Waals surface area contributed by atoms with Gasteiger partial charge in [0.05, 0.1) is 0 Å². The SMILES string of the molecule is CC(C)C(C(C)C)(C(C)P(c1ccc(C(C)(C)C)cc1)c1ccc(C(C)(C)C)cc1)C(C)P(c1ccc(C(C)(C)C)cc1)c1ccc(C(C)(C)C)cc1.